The lowest BCUT2D eigenvalue weighted by Crippen LogP contribution is -2.14. The van der Waals surface area contributed by atoms with Gasteiger partial charge in [-0.1, -0.05) is 37.8 Å². The van der Waals surface area contributed by atoms with Gasteiger partial charge in [0.2, 0.25) is 0 Å². The van der Waals surface area contributed by atoms with Crippen LogP contribution < -0.4 is 5.09 Å². The Morgan fingerprint density at radius 2 is 1.94 bits per heavy atom. The van der Waals surface area contributed by atoms with E-state index in [0.717, 1.165) is 5.56 Å². The van der Waals surface area contributed by atoms with Crippen molar-refractivity contribution in [2.45, 2.75) is 13.8 Å². The standard InChI is InChI=1S/C8H13NO5P2.CH4/c10-15(11)14-16(12,13)9-7-6-8-4-2-1-3-5-8;/h1-5,15H,6-7H2,(H,10,11)(H2,9,12,13);1H4. The van der Waals surface area contributed by atoms with Gasteiger partial charge in [-0.25, -0.2) is 14.0 Å². The smallest absolute Gasteiger partial charge is 0.326 e. The van der Waals surface area contributed by atoms with Gasteiger partial charge in [0.1, 0.15) is 0 Å². The zero-order chi connectivity index (χ0) is 12.0. The molecule has 0 aliphatic heterocycles. The van der Waals surface area contributed by atoms with Gasteiger partial charge in [0.15, 0.2) is 0 Å². The largest absolute Gasteiger partial charge is 0.409 e. The van der Waals surface area contributed by atoms with Gasteiger partial charge < -0.3 is 9.79 Å². The van der Waals surface area contributed by atoms with Gasteiger partial charge in [-0.3, -0.25) is 4.57 Å². The highest BCUT2D eigenvalue weighted by Crippen LogP contribution is 2.45. The quantitative estimate of drug-likeness (QED) is 0.690. The summed E-state index contributed by atoms with van der Waals surface area (Å²) >= 11 is 0. The molecule has 0 amide bonds. The minimum atomic E-state index is -4.15. The van der Waals surface area contributed by atoms with E-state index in [1.165, 1.54) is 0 Å². The molecule has 2 unspecified atom stereocenters. The van der Waals surface area contributed by atoms with E-state index in [4.69, 9.17) is 9.79 Å². The van der Waals surface area contributed by atoms with Crippen LogP contribution in [0.25, 0.3) is 0 Å². The van der Waals surface area contributed by atoms with E-state index in [9.17, 15) is 9.13 Å². The first-order valence-electron chi connectivity index (χ1n) is 4.54. The van der Waals surface area contributed by atoms with Gasteiger partial charge in [0, 0.05) is 6.54 Å². The molecule has 0 radical (unpaired) electrons. The van der Waals surface area contributed by atoms with Crippen LogP contribution in [0.3, 0.4) is 0 Å². The number of hydrogen-bond acceptors (Lipinski definition) is 3. The maximum Gasteiger partial charge on any atom is 0.409 e. The van der Waals surface area contributed by atoms with E-state index in [0.29, 0.717) is 6.42 Å². The molecule has 8 heteroatoms. The Morgan fingerprint density at radius 1 is 1.35 bits per heavy atom. The Hall–Kier alpha value is -0.480. The molecule has 1 aromatic rings. The average molecular weight is 281 g/mol. The molecule has 0 aliphatic carbocycles. The number of hydrogen-bond donors (Lipinski definition) is 3. The molecular weight excluding hydrogens is 264 g/mol. The van der Waals surface area contributed by atoms with Crippen LogP contribution in [0.5, 0.6) is 0 Å². The zero-order valence-electron chi connectivity index (χ0n) is 8.37. The molecule has 0 spiro atoms. The van der Waals surface area contributed by atoms with Crippen molar-refractivity contribution in [3.8, 4) is 0 Å². The van der Waals surface area contributed by atoms with Gasteiger partial charge in [-0.05, 0) is 12.0 Å². The van der Waals surface area contributed by atoms with Crippen LogP contribution in [0.4, 0.5) is 0 Å². The Labute approximate surface area is 101 Å². The molecule has 1 aromatic carbocycles. The summed E-state index contributed by atoms with van der Waals surface area (Å²) in [4.78, 5) is 17.4. The van der Waals surface area contributed by atoms with E-state index < -0.39 is 16.0 Å². The van der Waals surface area contributed by atoms with Crippen molar-refractivity contribution < 1.29 is 23.2 Å². The fraction of sp³-hybridized carbons (Fsp3) is 0.333. The van der Waals surface area contributed by atoms with E-state index in [1.807, 2.05) is 30.3 Å². The number of benzene rings is 1. The highest BCUT2D eigenvalue weighted by Gasteiger charge is 2.20. The summed E-state index contributed by atoms with van der Waals surface area (Å²) < 4.78 is 25.3. The second-order valence-corrected chi connectivity index (χ2v) is 5.64. The molecule has 2 atom stereocenters. The monoisotopic (exact) mass is 281 g/mol. The van der Waals surface area contributed by atoms with Crippen LogP contribution in [0.2, 0.25) is 0 Å². The highest BCUT2D eigenvalue weighted by molar-refractivity contribution is 7.58. The minimum absolute atomic E-state index is 0. The van der Waals surface area contributed by atoms with Crippen LogP contribution in [-0.4, -0.2) is 16.3 Å². The molecule has 17 heavy (non-hydrogen) atoms. The van der Waals surface area contributed by atoms with Gasteiger partial charge in [0.05, 0.1) is 0 Å². The summed E-state index contributed by atoms with van der Waals surface area (Å²) in [5.74, 6) is 0. The lowest BCUT2D eigenvalue weighted by atomic mass is 10.2. The van der Waals surface area contributed by atoms with Crippen LogP contribution in [0.15, 0.2) is 30.3 Å². The normalized spacial score (nSPS) is 15.6. The SMILES string of the molecule is C.O=[PH](O)OP(=O)(O)NCCc1ccccc1. The first-order chi connectivity index (χ1) is 7.49. The molecule has 0 saturated heterocycles. The Balaban J connectivity index is 0.00000256. The molecule has 0 fully saturated rings. The van der Waals surface area contributed by atoms with E-state index >= 15 is 0 Å². The highest BCUT2D eigenvalue weighted by atomic mass is 31.2. The molecule has 3 N–H and O–H groups in total. The summed E-state index contributed by atoms with van der Waals surface area (Å²) in [6, 6.07) is 9.34. The van der Waals surface area contributed by atoms with Crippen molar-refractivity contribution in [3.05, 3.63) is 35.9 Å². The lowest BCUT2D eigenvalue weighted by molar-refractivity contribution is 0.339. The molecule has 6 nitrogen and oxygen atoms in total. The van der Waals surface area contributed by atoms with Crippen LogP contribution in [-0.2, 0) is 19.9 Å². The molecule has 0 heterocycles. The molecule has 0 saturated carbocycles. The Kier molecular flexibility index (Phi) is 7.55. The predicted molar refractivity (Wildman–Crippen MR) is 67.0 cm³/mol. The fourth-order valence-corrected chi connectivity index (χ4v) is 2.62. The molecule has 0 aromatic heterocycles. The Morgan fingerprint density at radius 3 is 2.47 bits per heavy atom. The predicted octanol–water partition coefficient (Wildman–Crippen LogP) is 1.95. The molecule has 0 aliphatic rings. The van der Waals surface area contributed by atoms with Gasteiger partial charge in [0.25, 0.3) is 0 Å². The van der Waals surface area contributed by atoms with E-state index in [1.54, 1.807) is 0 Å². The first-order valence-corrected chi connectivity index (χ1v) is 7.38. The van der Waals surface area contributed by atoms with Crippen molar-refractivity contribution in [2.24, 2.45) is 0 Å². The Bertz CT molecular complexity index is 398. The maximum atomic E-state index is 11.1. The minimum Gasteiger partial charge on any atom is -0.326 e. The second-order valence-electron chi connectivity index (χ2n) is 3.02. The van der Waals surface area contributed by atoms with Crippen LogP contribution in [0.1, 0.15) is 13.0 Å². The first kappa shape index (κ1) is 16.5. The van der Waals surface area contributed by atoms with Gasteiger partial charge in [-0.15, -0.1) is 0 Å². The van der Waals surface area contributed by atoms with Gasteiger partial charge in [-0.2, -0.15) is 0 Å². The molecule has 1 rings (SSSR count). The third-order valence-electron chi connectivity index (χ3n) is 1.77. The zero-order valence-corrected chi connectivity index (χ0v) is 10.3. The maximum absolute atomic E-state index is 11.1. The fourth-order valence-electron chi connectivity index (χ4n) is 1.12. The van der Waals surface area contributed by atoms with Crippen LogP contribution >= 0.6 is 16.0 Å². The van der Waals surface area contributed by atoms with Crippen molar-refractivity contribution in [3.63, 3.8) is 0 Å². The van der Waals surface area contributed by atoms with E-state index in [-0.39, 0.29) is 14.0 Å². The molecular formula is C9H17NO5P2. The molecule has 0 bridgehead atoms. The van der Waals surface area contributed by atoms with Crippen molar-refractivity contribution in [1.29, 1.82) is 0 Å². The van der Waals surface area contributed by atoms with Gasteiger partial charge >= 0.3 is 16.0 Å². The second kappa shape index (κ2) is 7.77. The van der Waals surface area contributed by atoms with Crippen molar-refractivity contribution >= 4 is 16.0 Å². The topological polar surface area (TPSA) is 95.9 Å². The summed E-state index contributed by atoms with van der Waals surface area (Å²) in [5, 5.41) is 2.19. The summed E-state index contributed by atoms with van der Waals surface area (Å²) in [6.07, 6.45) is 0.529. The van der Waals surface area contributed by atoms with Crippen molar-refractivity contribution in [1.82, 2.24) is 5.09 Å². The average Bonchev–Trinajstić information content (AvgIpc) is 2.16. The summed E-state index contributed by atoms with van der Waals surface area (Å²) in [7, 11) is -7.56. The van der Waals surface area contributed by atoms with Crippen molar-refractivity contribution in [2.75, 3.05) is 6.54 Å². The summed E-state index contributed by atoms with van der Waals surface area (Å²) in [5.41, 5.74) is 0.992. The number of rotatable bonds is 6. The molecule has 98 valence electrons. The van der Waals surface area contributed by atoms with Crippen LogP contribution in [0, 0.1) is 0 Å². The summed E-state index contributed by atoms with van der Waals surface area (Å²) in [6.45, 7) is 0.187. The third kappa shape index (κ3) is 7.45. The lowest BCUT2D eigenvalue weighted by Gasteiger charge is -2.10. The van der Waals surface area contributed by atoms with E-state index in [2.05, 4.69) is 9.40 Å². The number of nitrogens with one attached hydrogen (secondary N) is 1. The third-order valence-corrected chi connectivity index (χ3v) is 4.01.